The number of benzene rings is 1. The minimum atomic E-state index is 0.347. The van der Waals surface area contributed by atoms with Gasteiger partial charge in [-0.2, -0.15) is 0 Å². The van der Waals surface area contributed by atoms with E-state index in [-0.39, 0.29) is 0 Å². The summed E-state index contributed by atoms with van der Waals surface area (Å²) in [4.78, 5) is 12.4. The quantitative estimate of drug-likeness (QED) is 0.616. The van der Waals surface area contributed by atoms with E-state index in [0.29, 0.717) is 28.2 Å². The van der Waals surface area contributed by atoms with E-state index in [9.17, 15) is 0 Å². The summed E-state index contributed by atoms with van der Waals surface area (Å²) in [5.41, 5.74) is 10.5. The Morgan fingerprint density at radius 2 is 1.62 bits per heavy atom. The van der Waals surface area contributed by atoms with E-state index >= 15 is 0 Å². The minimum Gasteiger partial charge on any atom is -0.393 e. The van der Waals surface area contributed by atoms with Crippen molar-refractivity contribution in [2.45, 2.75) is 13.8 Å². The first kappa shape index (κ1) is 16.0. The maximum atomic E-state index is 6.19. The predicted molar refractivity (Wildman–Crippen MR) is 98.2 cm³/mol. The number of aryl methyl sites for hydroxylation is 2. The van der Waals surface area contributed by atoms with Crippen LogP contribution in [0.4, 0.5) is 28.7 Å². The van der Waals surface area contributed by atoms with E-state index in [1.165, 1.54) is 6.33 Å². The number of anilines is 5. The predicted octanol–water partition coefficient (Wildman–Crippen LogP) is 4.21. The fraction of sp³-hybridized carbons (Fsp3) is 0.118. The van der Waals surface area contributed by atoms with E-state index in [4.69, 9.17) is 17.3 Å². The number of hydrogen-bond donors (Lipinski definition) is 3. The second-order valence-electron chi connectivity index (χ2n) is 5.45. The Balaban J connectivity index is 1.89. The summed E-state index contributed by atoms with van der Waals surface area (Å²) in [6.07, 6.45) is 3.05. The largest absolute Gasteiger partial charge is 0.393 e. The molecule has 0 radical (unpaired) electrons. The second-order valence-corrected chi connectivity index (χ2v) is 5.81. The fourth-order valence-corrected chi connectivity index (χ4v) is 2.55. The van der Waals surface area contributed by atoms with Crippen LogP contribution in [0.25, 0.3) is 0 Å². The Hall–Kier alpha value is -2.86. The van der Waals surface area contributed by atoms with Crippen molar-refractivity contribution in [2.24, 2.45) is 0 Å². The van der Waals surface area contributed by atoms with Gasteiger partial charge in [0.1, 0.15) is 12.0 Å². The smallest absolute Gasteiger partial charge is 0.159 e. The van der Waals surface area contributed by atoms with E-state index in [0.717, 1.165) is 16.8 Å². The first-order valence-electron chi connectivity index (χ1n) is 7.36. The molecule has 3 rings (SSSR count). The number of nitrogens with one attached hydrogen (secondary N) is 2. The molecule has 3 aromatic rings. The lowest BCUT2D eigenvalue weighted by Crippen LogP contribution is -2.05. The molecule has 0 aliphatic heterocycles. The van der Waals surface area contributed by atoms with E-state index in [1.807, 2.05) is 26.0 Å². The standard InChI is InChI=1S/C17H17ClN6/c1-10-6-11(2)8-12(7-10)23-16-14(19)17(22-9-21-16)24-13-4-3-5-20-15(13)18/h3-9H,19H2,1-2H3,(H2,21,22,23,24). The van der Waals surface area contributed by atoms with Gasteiger partial charge in [0.25, 0.3) is 0 Å². The molecular weight excluding hydrogens is 324 g/mol. The van der Waals surface area contributed by atoms with Crippen LogP contribution in [0, 0.1) is 13.8 Å². The highest BCUT2D eigenvalue weighted by Gasteiger charge is 2.10. The molecule has 0 saturated carbocycles. The molecule has 24 heavy (non-hydrogen) atoms. The van der Waals surface area contributed by atoms with E-state index < -0.39 is 0 Å². The average molecular weight is 341 g/mol. The van der Waals surface area contributed by atoms with Gasteiger partial charge in [-0.1, -0.05) is 17.7 Å². The highest BCUT2D eigenvalue weighted by atomic mass is 35.5. The van der Waals surface area contributed by atoms with Gasteiger partial charge in [-0.05, 0) is 49.2 Å². The Labute approximate surface area is 145 Å². The van der Waals surface area contributed by atoms with Crippen LogP contribution in [0.1, 0.15) is 11.1 Å². The van der Waals surface area contributed by atoms with Gasteiger partial charge in [0.05, 0.1) is 5.69 Å². The van der Waals surface area contributed by atoms with Gasteiger partial charge < -0.3 is 16.4 Å². The summed E-state index contributed by atoms with van der Waals surface area (Å²) >= 11 is 6.06. The van der Waals surface area contributed by atoms with Crippen molar-refractivity contribution in [1.82, 2.24) is 15.0 Å². The lowest BCUT2D eigenvalue weighted by atomic mass is 10.1. The third-order valence-electron chi connectivity index (χ3n) is 3.38. The molecule has 1 aromatic carbocycles. The summed E-state index contributed by atoms with van der Waals surface area (Å²) in [6.45, 7) is 4.08. The van der Waals surface area contributed by atoms with Crippen molar-refractivity contribution in [3.8, 4) is 0 Å². The fourth-order valence-electron chi connectivity index (χ4n) is 2.39. The Morgan fingerprint density at radius 3 is 2.29 bits per heavy atom. The van der Waals surface area contributed by atoms with Crippen LogP contribution < -0.4 is 16.4 Å². The molecule has 0 saturated heterocycles. The normalized spacial score (nSPS) is 10.5. The van der Waals surface area contributed by atoms with Crippen molar-refractivity contribution in [2.75, 3.05) is 16.4 Å². The Bertz CT molecular complexity index is 860. The van der Waals surface area contributed by atoms with Crippen LogP contribution in [0.5, 0.6) is 0 Å². The molecule has 0 bridgehead atoms. The van der Waals surface area contributed by atoms with Gasteiger partial charge in [0.15, 0.2) is 16.8 Å². The molecule has 4 N–H and O–H groups in total. The molecule has 122 valence electrons. The number of nitrogens with zero attached hydrogens (tertiary/aromatic N) is 3. The van der Waals surface area contributed by atoms with E-state index in [2.05, 4.69) is 31.7 Å². The monoisotopic (exact) mass is 340 g/mol. The number of aromatic nitrogens is 3. The molecule has 0 fully saturated rings. The zero-order valence-corrected chi connectivity index (χ0v) is 14.1. The molecule has 2 heterocycles. The second kappa shape index (κ2) is 6.72. The lowest BCUT2D eigenvalue weighted by Gasteiger charge is -2.13. The molecular formula is C17H17ClN6. The molecule has 0 aliphatic carbocycles. The van der Waals surface area contributed by atoms with Gasteiger partial charge in [-0.25, -0.2) is 15.0 Å². The lowest BCUT2D eigenvalue weighted by molar-refractivity contribution is 1.17. The average Bonchev–Trinajstić information content (AvgIpc) is 2.52. The van der Waals surface area contributed by atoms with Gasteiger partial charge in [0.2, 0.25) is 0 Å². The maximum Gasteiger partial charge on any atom is 0.159 e. The van der Waals surface area contributed by atoms with Crippen molar-refractivity contribution in [3.05, 3.63) is 59.1 Å². The maximum absolute atomic E-state index is 6.19. The summed E-state index contributed by atoms with van der Waals surface area (Å²) in [5.74, 6) is 0.990. The number of pyridine rings is 1. The van der Waals surface area contributed by atoms with Crippen LogP contribution in [0.15, 0.2) is 42.9 Å². The van der Waals surface area contributed by atoms with Crippen LogP contribution in [-0.4, -0.2) is 15.0 Å². The van der Waals surface area contributed by atoms with Crippen LogP contribution >= 0.6 is 11.6 Å². The Kier molecular flexibility index (Phi) is 4.48. The van der Waals surface area contributed by atoms with Gasteiger partial charge >= 0.3 is 0 Å². The highest BCUT2D eigenvalue weighted by molar-refractivity contribution is 6.32. The summed E-state index contributed by atoms with van der Waals surface area (Å²) < 4.78 is 0. The molecule has 7 heteroatoms. The van der Waals surface area contributed by atoms with Crippen LogP contribution in [0.2, 0.25) is 5.15 Å². The molecule has 0 aliphatic rings. The van der Waals surface area contributed by atoms with Gasteiger partial charge in [-0.3, -0.25) is 0 Å². The van der Waals surface area contributed by atoms with Crippen molar-refractivity contribution < 1.29 is 0 Å². The van der Waals surface area contributed by atoms with Crippen LogP contribution in [-0.2, 0) is 0 Å². The topological polar surface area (TPSA) is 88.8 Å². The number of halogens is 1. The summed E-state index contributed by atoms with van der Waals surface area (Å²) in [7, 11) is 0. The van der Waals surface area contributed by atoms with Crippen LogP contribution in [0.3, 0.4) is 0 Å². The number of nitrogens with two attached hydrogens (primary N) is 1. The molecule has 6 nitrogen and oxygen atoms in total. The Morgan fingerprint density at radius 1 is 0.958 bits per heavy atom. The number of hydrogen-bond acceptors (Lipinski definition) is 6. The van der Waals surface area contributed by atoms with Crippen molar-refractivity contribution >= 4 is 40.3 Å². The SMILES string of the molecule is Cc1cc(C)cc(Nc2ncnc(Nc3cccnc3Cl)c2N)c1. The molecule has 0 atom stereocenters. The first-order chi connectivity index (χ1) is 11.5. The number of nitrogen functional groups attached to an aromatic ring is 1. The minimum absolute atomic E-state index is 0.347. The zero-order valence-electron chi connectivity index (χ0n) is 13.3. The zero-order chi connectivity index (χ0) is 17.1. The van der Waals surface area contributed by atoms with Gasteiger partial charge in [-0.15, -0.1) is 0 Å². The molecule has 0 amide bonds. The molecule has 2 aromatic heterocycles. The van der Waals surface area contributed by atoms with Crippen molar-refractivity contribution in [1.29, 1.82) is 0 Å². The highest BCUT2D eigenvalue weighted by Crippen LogP contribution is 2.30. The first-order valence-corrected chi connectivity index (χ1v) is 7.74. The summed E-state index contributed by atoms with van der Waals surface area (Å²) in [5, 5.41) is 6.66. The molecule has 0 unspecified atom stereocenters. The number of rotatable bonds is 4. The van der Waals surface area contributed by atoms with E-state index in [1.54, 1.807) is 18.3 Å². The molecule has 0 spiro atoms. The summed E-state index contributed by atoms with van der Waals surface area (Å²) in [6, 6.07) is 9.74. The third-order valence-corrected chi connectivity index (χ3v) is 3.68. The van der Waals surface area contributed by atoms with Crippen molar-refractivity contribution in [3.63, 3.8) is 0 Å². The third kappa shape index (κ3) is 3.55. The van der Waals surface area contributed by atoms with Gasteiger partial charge in [0, 0.05) is 11.9 Å².